The number of hydrogen-bond donors (Lipinski definition) is 0. The summed E-state index contributed by atoms with van der Waals surface area (Å²) in [5.41, 5.74) is -1.98. The molecule has 110 valence electrons. The first kappa shape index (κ1) is 13.7. The molecule has 2 aliphatic rings. The number of rotatable bonds is 1. The molecule has 1 aromatic carbocycles. The number of carbonyl (C=O) groups excluding carboxylic acids is 2. The van der Waals surface area contributed by atoms with Gasteiger partial charge in [0.2, 0.25) is 11.6 Å². The van der Waals surface area contributed by atoms with Gasteiger partial charge in [-0.25, -0.2) is 4.79 Å². The van der Waals surface area contributed by atoms with Crippen molar-refractivity contribution in [1.29, 1.82) is 0 Å². The Bertz CT molecular complexity index is 668. The van der Waals surface area contributed by atoms with Crippen molar-refractivity contribution < 1.29 is 27.5 Å². The van der Waals surface area contributed by atoms with Gasteiger partial charge in [-0.05, 0) is 17.7 Å². The van der Waals surface area contributed by atoms with Gasteiger partial charge >= 0.3 is 12.1 Å². The lowest BCUT2D eigenvalue weighted by Gasteiger charge is -2.51. The number of carbonyl (C=O) groups is 2. The van der Waals surface area contributed by atoms with Gasteiger partial charge in [-0.15, -0.1) is 0 Å². The first-order valence-corrected chi connectivity index (χ1v) is 6.13. The molecule has 2 heterocycles. The third-order valence-electron chi connectivity index (χ3n) is 3.78. The lowest BCUT2D eigenvalue weighted by molar-refractivity contribution is -0.199. The lowest BCUT2D eigenvalue weighted by Crippen LogP contribution is -2.67. The van der Waals surface area contributed by atoms with Gasteiger partial charge in [0.25, 0.3) is 0 Å². The molecule has 21 heavy (non-hydrogen) atoms. The molecule has 1 spiro atoms. The standard InChI is InChI=1S/C14H10F3NO3/c1-18-12(20)11(13(18)6-5-10(19)21-13)8-3-2-4-9(7-8)14(15,16)17/h2-7,11H,1H3/t11-,13+/m1/s1. The van der Waals surface area contributed by atoms with Crippen LogP contribution in [0.15, 0.2) is 36.4 Å². The number of likely N-dealkylation sites (N-methyl/N-ethyl adjacent to an activating group) is 1. The Morgan fingerprint density at radius 3 is 2.57 bits per heavy atom. The molecule has 2 atom stereocenters. The van der Waals surface area contributed by atoms with Crippen molar-refractivity contribution in [3.8, 4) is 0 Å². The first-order valence-electron chi connectivity index (χ1n) is 6.13. The number of nitrogens with zero attached hydrogens (tertiary/aromatic N) is 1. The summed E-state index contributed by atoms with van der Waals surface area (Å²) in [6.45, 7) is 0. The average molecular weight is 297 g/mol. The Balaban J connectivity index is 2.02. The van der Waals surface area contributed by atoms with Crippen molar-refractivity contribution in [3.05, 3.63) is 47.5 Å². The summed E-state index contributed by atoms with van der Waals surface area (Å²) in [5, 5.41) is 0. The maximum Gasteiger partial charge on any atom is 0.416 e. The van der Waals surface area contributed by atoms with E-state index in [-0.39, 0.29) is 5.56 Å². The normalized spacial score (nSPS) is 28.0. The van der Waals surface area contributed by atoms with Gasteiger partial charge in [0, 0.05) is 13.1 Å². The number of alkyl halides is 3. The largest absolute Gasteiger partial charge is 0.431 e. The van der Waals surface area contributed by atoms with Crippen LogP contribution in [0.5, 0.6) is 0 Å². The Morgan fingerprint density at radius 1 is 1.29 bits per heavy atom. The fraction of sp³-hybridized carbons (Fsp3) is 0.286. The second kappa shape index (κ2) is 4.09. The zero-order chi connectivity index (χ0) is 15.4. The van der Waals surface area contributed by atoms with Crippen LogP contribution < -0.4 is 0 Å². The van der Waals surface area contributed by atoms with E-state index in [2.05, 4.69) is 0 Å². The first-order chi connectivity index (χ1) is 9.75. The molecule has 7 heteroatoms. The number of likely N-dealkylation sites (tertiary alicyclic amines) is 1. The van der Waals surface area contributed by atoms with Crippen LogP contribution in [0.25, 0.3) is 0 Å². The third kappa shape index (κ3) is 1.84. The van der Waals surface area contributed by atoms with E-state index in [9.17, 15) is 22.8 Å². The highest BCUT2D eigenvalue weighted by molar-refractivity contribution is 5.97. The number of hydrogen-bond acceptors (Lipinski definition) is 3. The molecule has 0 radical (unpaired) electrons. The van der Waals surface area contributed by atoms with Crippen LogP contribution in [0.4, 0.5) is 13.2 Å². The summed E-state index contributed by atoms with van der Waals surface area (Å²) in [5.74, 6) is -1.97. The summed E-state index contributed by atoms with van der Waals surface area (Å²) in [7, 11) is 1.44. The summed E-state index contributed by atoms with van der Waals surface area (Å²) >= 11 is 0. The van der Waals surface area contributed by atoms with Crippen molar-refractivity contribution >= 4 is 11.9 Å². The quantitative estimate of drug-likeness (QED) is 0.589. The zero-order valence-corrected chi connectivity index (χ0v) is 10.8. The molecule has 0 aliphatic carbocycles. The van der Waals surface area contributed by atoms with E-state index in [1.165, 1.54) is 36.2 Å². The van der Waals surface area contributed by atoms with Gasteiger partial charge < -0.3 is 9.64 Å². The van der Waals surface area contributed by atoms with Crippen molar-refractivity contribution in [2.45, 2.75) is 17.8 Å². The van der Waals surface area contributed by atoms with Crippen molar-refractivity contribution in [2.24, 2.45) is 0 Å². The highest BCUT2D eigenvalue weighted by atomic mass is 19.4. The predicted octanol–water partition coefficient (Wildman–Crippen LogP) is 2.07. The van der Waals surface area contributed by atoms with Gasteiger partial charge in [0.05, 0.1) is 5.56 Å². The van der Waals surface area contributed by atoms with E-state index >= 15 is 0 Å². The fourth-order valence-electron chi connectivity index (χ4n) is 2.70. The smallest absolute Gasteiger partial charge is 0.416 e. The molecule has 2 aliphatic heterocycles. The minimum Gasteiger partial charge on any atom is -0.431 e. The molecule has 0 saturated carbocycles. The van der Waals surface area contributed by atoms with Gasteiger partial charge in [-0.1, -0.05) is 18.2 Å². The molecule has 1 saturated heterocycles. The van der Waals surface area contributed by atoms with E-state index in [0.717, 1.165) is 12.1 Å². The molecule has 0 N–H and O–H groups in total. The van der Waals surface area contributed by atoms with Crippen LogP contribution in [-0.2, 0) is 20.5 Å². The van der Waals surface area contributed by atoms with Gasteiger partial charge in [-0.3, -0.25) is 4.79 Å². The topological polar surface area (TPSA) is 46.6 Å². The SMILES string of the molecule is CN1C(=O)[C@@H](c2cccc(C(F)(F)F)c2)[C@@]12C=CC(=O)O2. The summed E-state index contributed by atoms with van der Waals surface area (Å²) in [6.07, 6.45) is -1.92. The second-order valence-corrected chi connectivity index (χ2v) is 4.96. The van der Waals surface area contributed by atoms with Crippen molar-refractivity contribution in [3.63, 3.8) is 0 Å². The van der Waals surface area contributed by atoms with Crippen LogP contribution in [0, 0.1) is 0 Å². The van der Waals surface area contributed by atoms with Crippen LogP contribution in [0.2, 0.25) is 0 Å². The Labute approximate surface area is 117 Å². The number of ether oxygens (including phenoxy) is 1. The van der Waals surface area contributed by atoms with Crippen molar-refractivity contribution in [2.75, 3.05) is 7.05 Å². The lowest BCUT2D eigenvalue weighted by atomic mass is 9.78. The fourth-order valence-corrected chi connectivity index (χ4v) is 2.70. The maximum atomic E-state index is 12.8. The van der Waals surface area contributed by atoms with Gasteiger partial charge in [0.1, 0.15) is 5.92 Å². The van der Waals surface area contributed by atoms with Crippen LogP contribution in [0.1, 0.15) is 17.0 Å². The Morgan fingerprint density at radius 2 is 2.00 bits per heavy atom. The van der Waals surface area contributed by atoms with E-state index in [4.69, 9.17) is 4.74 Å². The van der Waals surface area contributed by atoms with E-state index in [1.807, 2.05) is 0 Å². The monoisotopic (exact) mass is 297 g/mol. The minimum atomic E-state index is -4.50. The number of benzene rings is 1. The molecule has 1 aromatic rings. The number of halogens is 3. The number of β-lactam (4-membered cyclic amide) rings is 1. The average Bonchev–Trinajstić information content (AvgIpc) is 2.82. The minimum absolute atomic E-state index is 0.173. The number of amides is 1. The van der Waals surface area contributed by atoms with E-state index in [1.54, 1.807) is 0 Å². The highest BCUT2D eigenvalue weighted by Gasteiger charge is 2.62. The molecular formula is C14H10F3NO3. The molecule has 3 rings (SSSR count). The molecule has 0 unspecified atom stereocenters. The number of esters is 1. The van der Waals surface area contributed by atoms with Gasteiger partial charge in [-0.2, -0.15) is 13.2 Å². The Kier molecular flexibility index (Phi) is 2.66. The van der Waals surface area contributed by atoms with Crippen molar-refractivity contribution in [1.82, 2.24) is 4.90 Å². The van der Waals surface area contributed by atoms with Gasteiger partial charge in [0.15, 0.2) is 0 Å². The highest BCUT2D eigenvalue weighted by Crippen LogP contribution is 2.48. The summed E-state index contributed by atoms with van der Waals surface area (Å²) in [4.78, 5) is 24.5. The summed E-state index contributed by atoms with van der Waals surface area (Å²) in [6, 6.07) is 4.50. The van der Waals surface area contributed by atoms with Crippen LogP contribution in [0.3, 0.4) is 0 Å². The molecule has 1 amide bonds. The maximum absolute atomic E-state index is 12.8. The molecular weight excluding hydrogens is 287 g/mol. The zero-order valence-electron chi connectivity index (χ0n) is 10.8. The Hall–Kier alpha value is -2.31. The molecule has 4 nitrogen and oxygen atoms in total. The van der Waals surface area contributed by atoms with Crippen LogP contribution >= 0.6 is 0 Å². The second-order valence-electron chi connectivity index (χ2n) is 4.96. The molecule has 0 bridgehead atoms. The summed E-state index contributed by atoms with van der Waals surface area (Å²) < 4.78 is 43.4. The van der Waals surface area contributed by atoms with E-state index in [0.29, 0.717) is 0 Å². The van der Waals surface area contributed by atoms with Crippen LogP contribution in [-0.4, -0.2) is 29.5 Å². The molecule has 0 aromatic heterocycles. The molecule has 1 fully saturated rings. The predicted molar refractivity (Wildman–Crippen MR) is 64.9 cm³/mol. The van der Waals surface area contributed by atoms with E-state index < -0.39 is 35.3 Å². The third-order valence-corrected chi connectivity index (χ3v) is 3.78.